The van der Waals surface area contributed by atoms with E-state index in [1.165, 1.54) is 17.7 Å². The maximum Gasteiger partial charge on any atom is 0.223 e. The van der Waals surface area contributed by atoms with E-state index in [1.807, 2.05) is 6.20 Å². The second kappa shape index (κ2) is 4.44. The molecular weight excluding hydrogens is 282 g/mol. The van der Waals surface area contributed by atoms with Gasteiger partial charge >= 0.3 is 0 Å². The number of aryl methyl sites for hydroxylation is 1. The zero-order valence-corrected chi connectivity index (χ0v) is 10.7. The number of aromatic amines is 1. The monoisotopic (exact) mass is 293 g/mol. The third-order valence-electron chi connectivity index (χ3n) is 2.96. The highest BCUT2D eigenvalue weighted by atomic mass is 79.9. The second-order valence-electron chi connectivity index (χ2n) is 4.12. The van der Waals surface area contributed by atoms with Gasteiger partial charge in [0.05, 0.1) is 22.4 Å². The van der Waals surface area contributed by atoms with Crippen molar-refractivity contribution in [2.24, 2.45) is 0 Å². The van der Waals surface area contributed by atoms with Crippen molar-refractivity contribution in [3.05, 3.63) is 34.3 Å². The first-order valence-corrected chi connectivity index (χ1v) is 6.38. The number of H-pyrrole nitrogens is 1. The molecule has 0 spiro atoms. The van der Waals surface area contributed by atoms with Gasteiger partial charge in [0, 0.05) is 12.4 Å². The average Bonchev–Trinajstić information content (AvgIpc) is 2.81. The van der Waals surface area contributed by atoms with Crippen molar-refractivity contribution < 1.29 is 0 Å². The van der Waals surface area contributed by atoms with E-state index in [4.69, 9.17) is 0 Å². The number of nitrogens with one attached hydrogen (secondary N) is 2. The van der Waals surface area contributed by atoms with Gasteiger partial charge in [-0.15, -0.1) is 0 Å². The van der Waals surface area contributed by atoms with E-state index in [0.29, 0.717) is 5.95 Å². The van der Waals surface area contributed by atoms with Crippen molar-refractivity contribution >= 4 is 21.9 Å². The molecule has 2 N–H and O–H groups in total. The fraction of sp³-hybridized carbons (Fsp3) is 0.364. The highest BCUT2D eigenvalue weighted by Crippen LogP contribution is 2.29. The number of halogens is 1. The van der Waals surface area contributed by atoms with Gasteiger partial charge < -0.3 is 5.32 Å². The fourth-order valence-electron chi connectivity index (χ4n) is 2.15. The van der Waals surface area contributed by atoms with Crippen LogP contribution in [-0.2, 0) is 6.42 Å². The van der Waals surface area contributed by atoms with Crippen LogP contribution in [0.5, 0.6) is 0 Å². The smallest absolute Gasteiger partial charge is 0.223 e. The van der Waals surface area contributed by atoms with E-state index >= 15 is 0 Å². The van der Waals surface area contributed by atoms with Gasteiger partial charge in [0.1, 0.15) is 0 Å². The molecule has 0 aliphatic heterocycles. The molecule has 0 saturated heterocycles. The molecule has 17 heavy (non-hydrogen) atoms. The van der Waals surface area contributed by atoms with Crippen molar-refractivity contribution in [2.75, 3.05) is 5.32 Å². The van der Waals surface area contributed by atoms with E-state index in [2.05, 4.69) is 41.4 Å². The Hall–Kier alpha value is -1.43. The first-order chi connectivity index (χ1) is 8.33. The lowest BCUT2D eigenvalue weighted by atomic mass is 9.94. The quantitative estimate of drug-likeness (QED) is 0.893. The van der Waals surface area contributed by atoms with Gasteiger partial charge in [-0.3, -0.25) is 5.10 Å². The summed E-state index contributed by atoms with van der Waals surface area (Å²) < 4.78 is 0.883. The number of fused-ring (bicyclic) bond motifs is 1. The number of nitrogens with zero attached hydrogens (tertiary/aromatic N) is 3. The predicted molar refractivity (Wildman–Crippen MR) is 67.6 cm³/mol. The maximum absolute atomic E-state index is 4.23. The largest absolute Gasteiger partial charge is 0.346 e. The summed E-state index contributed by atoms with van der Waals surface area (Å²) in [6.07, 6.45) is 8.74. The minimum Gasteiger partial charge on any atom is -0.346 e. The summed E-state index contributed by atoms with van der Waals surface area (Å²) in [5.41, 5.74) is 2.47. The van der Waals surface area contributed by atoms with Crippen LogP contribution < -0.4 is 5.32 Å². The Kier molecular flexibility index (Phi) is 2.80. The van der Waals surface area contributed by atoms with Crippen molar-refractivity contribution in [1.82, 2.24) is 20.2 Å². The zero-order chi connectivity index (χ0) is 11.7. The molecule has 2 aromatic rings. The molecule has 0 amide bonds. The molecule has 1 aliphatic rings. The lowest BCUT2D eigenvalue weighted by Crippen LogP contribution is -2.18. The van der Waals surface area contributed by atoms with Gasteiger partial charge in [0.2, 0.25) is 5.95 Å². The average molecular weight is 294 g/mol. The molecule has 88 valence electrons. The molecular formula is C11H12BrN5. The van der Waals surface area contributed by atoms with Gasteiger partial charge in [0.25, 0.3) is 0 Å². The summed E-state index contributed by atoms with van der Waals surface area (Å²) in [7, 11) is 0. The first kappa shape index (κ1) is 10.7. The normalized spacial score (nSPS) is 18.8. The lowest BCUT2D eigenvalue weighted by molar-refractivity contribution is 0.584. The van der Waals surface area contributed by atoms with Crippen LogP contribution in [0, 0.1) is 0 Å². The Labute approximate surface area is 107 Å². The molecule has 0 fully saturated rings. The van der Waals surface area contributed by atoms with Crippen LogP contribution in [0.2, 0.25) is 0 Å². The summed E-state index contributed by atoms with van der Waals surface area (Å²) in [4.78, 5) is 8.45. The number of hydrogen-bond acceptors (Lipinski definition) is 4. The molecule has 1 aliphatic carbocycles. The molecule has 2 aromatic heterocycles. The summed E-state index contributed by atoms with van der Waals surface area (Å²) in [5, 5.41) is 10.5. The van der Waals surface area contributed by atoms with Gasteiger partial charge in [-0.05, 0) is 40.8 Å². The summed E-state index contributed by atoms with van der Waals surface area (Å²) >= 11 is 3.32. The van der Waals surface area contributed by atoms with Crippen LogP contribution in [-0.4, -0.2) is 20.2 Å². The standard InChI is InChI=1S/C11H12BrN5/c12-8-5-13-11(14-6-8)16-9-3-1-2-7-4-15-17-10(7)9/h4-6,9H,1-3H2,(H,15,17)(H,13,14,16)/t9-/m1/s1. The van der Waals surface area contributed by atoms with Gasteiger partial charge in [-0.1, -0.05) is 0 Å². The third kappa shape index (κ3) is 2.17. The van der Waals surface area contributed by atoms with Crippen molar-refractivity contribution in [3.8, 4) is 0 Å². The topological polar surface area (TPSA) is 66.5 Å². The zero-order valence-electron chi connectivity index (χ0n) is 9.15. The second-order valence-corrected chi connectivity index (χ2v) is 5.04. The highest BCUT2D eigenvalue weighted by molar-refractivity contribution is 9.10. The van der Waals surface area contributed by atoms with E-state index in [1.54, 1.807) is 12.4 Å². The Bertz CT molecular complexity index is 507. The number of hydrogen-bond donors (Lipinski definition) is 2. The fourth-order valence-corrected chi connectivity index (χ4v) is 2.35. The van der Waals surface area contributed by atoms with Gasteiger partial charge in [-0.25, -0.2) is 9.97 Å². The van der Waals surface area contributed by atoms with Gasteiger partial charge in [-0.2, -0.15) is 5.10 Å². The molecule has 0 aromatic carbocycles. The van der Waals surface area contributed by atoms with Gasteiger partial charge in [0.15, 0.2) is 0 Å². The molecule has 0 radical (unpaired) electrons. The SMILES string of the molecule is Brc1cnc(N[C@@H]2CCCc3cn[nH]c32)nc1. The molecule has 1 atom stereocenters. The Morgan fingerprint density at radius 2 is 2.12 bits per heavy atom. The maximum atomic E-state index is 4.23. The minimum atomic E-state index is 0.238. The van der Waals surface area contributed by atoms with Crippen LogP contribution in [0.15, 0.2) is 23.1 Å². The molecule has 5 nitrogen and oxygen atoms in total. The molecule has 2 heterocycles. The number of aromatic nitrogens is 4. The Morgan fingerprint density at radius 3 is 2.94 bits per heavy atom. The Morgan fingerprint density at radius 1 is 1.29 bits per heavy atom. The van der Waals surface area contributed by atoms with E-state index in [0.717, 1.165) is 17.3 Å². The van der Waals surface area contributed by atoms with Crippen LogP contribution in [0.4, 0.5) is 5.95 Å². The van der Waals surface area contributed by atoms with Crippen LogP contribution in [0.1, 0.15) is 30.1 Å². The summed E-state index contributed by atoms with van der Waals surface area (Å²) in [6.45, 7) is 0. The number of rotatable bonds is 2. The highest BCUT2D eigenvalue weighted by Gasteiger charge is 2.22. The molecule has 0 unspecified atom stereocenters. The van der Waals surface area contributed by atoms with E-state index in [-0.39, 0.29) is 6.04 Å². The Balaban J connectivity index is 1.81. The molecule has 6 heteroatoms. The lowest BCUT2D eigenvalue weighted by Gasteiger charge is -2.22. The molecule has 0 bridgehead atoms. The van der Waals surface area contributed by atoms with Crippen molar-refractivity contribution in [3.63, 3.8) is 0 Å². The first-order valence-electron chi connectivity index (χ1n) is 5.59. The van der Waals surface area contributed by atoms with E-state index in [9.17, 15) is 0 Å². The van der Waals surface area contributed by atoms with Crippen molar-refractivity contribution in [2.45, 2.75) is 25.3 Å². The summed E-state index contributed by atoms with van der Waals surface area (Å²) in [5.74, 6) is 0.653. The van der Waals surface area contributed by atoms with Crippen LogP contribution >= 0.6 is 15.9 Å². The van der Waals surface area contributed by atoms with Crippen LogP contribution in [0.25, 0.3) is 0 Å². The third-order valence-corrected chi connectivity index (χ3v) is 3.37. The van der Waals surface area contributed by atoms with Crippen molar-refractivity contribution in [1.29, 1.82) is 0 Å². The van der Waals surface area contributed by atoms with E-state index < -0.39 is 0 Å². The molecule has 3 rings (SSSR count). The van der Waals surface area contributed by atoms with Crippen LogP contribution in [0.3, 0.4) is 0 Å². The molecule has 0 saturated carbocycles. The minimum absolute atomic E-state index is 0.238. The predicted octanol–water partition coefficient (Wildman–Crippen LogP) is 2.45. The number of anilines is 1. The summed E-state index contributed by atoms with van der Waals surface area (Å²) in [6, 6.07) is 0.238.